The van der Waals surface area contributed by atoms with Crippen molar-refractivity contribution in [1.82, 2.24) is 9.88 Å². The van der Waals surface area contributed by atoms with Crippen LogP contribution in [-0.4, -0.2) is 68.3 Å². The summed E-state index contributed by atoms with van der Waals surface area (Å²) < 4.78 is 5.30. The molecule has 0 aliphatic carbocycles. The monoisotopic (exact) mass is 386 g/mol. The summed E-state index contributed by atoms with van der Waals surface area (Å²) in [6.45, 7) is 6.10. The van der Waals surface area contributed by atoms with Crippen molar-refractivity contribution in [1.29, 1.82) is 0 Å². The lowest BCUT2D eigenvalue weighted by atomic mass is 10.2. The molecule has 2 saturated heterocycles. The highest BCUT2D eigenvalue weighted by Crippen LogP contribution is 2.22. The molecule has 1 aromatic heterocycles. The number of carbonyl (C=O) groups excluding carboxylic acids is 1. The fourth-order valence-corrected chi connectivity index (χ4v) is 3.70. The first-order valence-corrected chi connectivity index (χ1v) is 9.67. The number of amides is 1. The molecule has 0 N–H and O–H groups in total. The summed E-state index contributed by atoms with van der Waals surface area (Å²) in [5.41, 5.74) is 1.79. The van der Waals surface area contributed by atoms with Gasteiger partial charge in [-0.15, -0.1) is 0 Å². The third-order valence-corrected chi connectivity index (χ3v) is 5.31. The molecule has 0 radical (unpaired) electrons. The smallest absolute Gasteiger partial charge is 0.255 e. The Kier molecular flexibility index (Phi) is 5.45. The molecule has 142 valence electrons. The first-order valence-electron chi connectivity index (χ1n) is 9.29. The zero-order valence-corrected chi connectivity index (χ0v) is 15.9. The molecule has 0 saturated carbocycles. The van der Waals surface area contributed by atoms with Crippen molar-refractivity contribution >= 4 is 29.0 Å². The lowest BCUT2D eigenvalue weighted by Gasteiger charge is -2.36. The van der Waals surface area contributed by atoms with Crippen molar-refractivity contribution in [3.05, 3.63) is 53.2 Å². The Balaban J connectivity index is 1.36. The number of anilines is 2. The van der Waals surface area contributed by atoms with Gasteiger partial charge in [-0.2, -0.15) is 0 Å². The van der Waals surface area contributed by atoms with Crippen LogP contribution >= 0.6 is 11.6 Å². The van der Waals surface area contributed by atoms with Gasteiger partial charge in [0.1, 0.15) is 5.82 Å². The number of nitrogens with zero attached hydrogens (tertiary/aromatic N) is 4. The quantitative estimate of drug-likeness (QED) is 0.811. The maximum absolute atomic E-state index is 12.5. The zero-order chi connectivity index (χ0) is 18.6. The third kappa shape index (κ3) is 4.17. The number of morpholine rings is 1. The number of aromatic nitrogens is 1. The summed E-state index contributed by atoms with van der Waals surface area (Å²) in [4.78, 5) is 23.5. The van der Waals surface area contributed by atoms with Crippen molar-refractivity contribution < 1.29 is 9.53 Å². The van der Waals surface area contributed by atoms with Gasteiger partial charge in [-0.3, -0.25) is 4.79 Å². The minimum atomic E-state index is 0.0307. The molecule has 2 aromatic rings. The van der Waals surface area contributed by atoms with Crippen molar-refractivity contribution in [3.63, 3.8) is 0 Å². The number of rotatable bonds is 3. The van der Waals surface area contributed by atoms with E-state index in [9.17, 15) is 4.79 Å². The van der Waals surface area contributed by atoms with E-state index >= 15 is 0 Å². The highest BCUT2D eigenvalue weighted by molar-refractivity contribution is 6.30. The number of piperazine rings is 1. The molecule has 2 aliphatic rings. The average Bonchev–Trinajstić information content (AvgIpc) is 2.74. The van der Waals surface area contributed by atoms with Gasteiger partial charge in [-0.05, 0) is 30.3 Å². The summed E-state index contributed by atoms with van der Waals surface area (Å²) in [5.74, 6) is 0.947. The minimum absolute atomic E-state index is 0.0307. The van der Waals surface area contributed by atoms with Gasteiger partial charge in [0.05, 0.1) is 18.8 Å². The molecule has 3 heterocycles. The highest BCUT2D eigenvalue weighted by atomic mass is 35.5. The van der Waals surface area contributed by atoms with E-state index in [1.54, 1.807) is 6.20 Å². The van der Waals surface area contributed by atoms with Gasteiger partial charge in [0, 0.05) is 56.2 Å². The van der Waals surface area contributed by atoms with E-state index in [1.165, 1.54) is 0 Å². The standard InChI is InChI=1S/C20H23ClN4O2/c21-17-2-1-3-18(14-17)23-6-8-24(9-7-23)19-5-4-16(15-22-19)20(26)25-10-12-27-13-11-25/h1-5,14-15H,6-13H2. The second kappa shape index (κ2) is 8.15. The molecule has 0 spiro atoms. The van der Waals surface area contributed by atoms with E-state index < -0.39 is 0 Å². The Morgan fingerprint density at radius 1 is 0.963 bits per heavy atom. The van der Waals surface area contributed by atoms with Crippen molar-refractivity contribution in [2.45, 2.75) is 0 Å². The molecule has 0 bridgehead atoms. The Labute approximate surface area is 164 Å². The molecule has 2 aliphatic heterocycles. The SMILES string of the molecule is O=C(c1ccc(N2CCN(c3cccc(Cl)c3)CC2)nc1)N1CCOCC1. The van der Waals surface area contributed by atoms with E-state index in [0.717, 1.165) is 42.7 Å². The fourth-order valence-electron chi connectivity index (χ4n) is 3.52. The van der Waals surface area contributed by atoms with Gasteiger partial charge < -0.3 is 19.4 Å². The molecular formula is C20H23ClN4O2. The molecule has 6 nitrogen and oxygen atoms in total. The van der Waals surface area contributed by atoms with Crippen molar-refractivity contribution in [3.8, 4) is 0 Å². The van der Waals surface area contributed by atoms with Gasteiger partial charge in [0.25, 0.3) is 5.91 Å². The molecule has 0 unspecified atom stereocenters. The van der Waals surface area contributed by atoms with Crippen LogP contribution in [0.2, 0.25) is 5.02 Å². The third-order valence-electron chi connectivity index (χ3n) is 5.07. The van der Waals surface area contributed by atoms with E-state index in [-0.39, 0.29) is 5.91 Å². The number of hydrogen-bond donors (Lipinski definition) is 0. The second-order valence-electron chi connectivity index (χ2n) is 6.76. The number of hydrogen-bond acceptors (Lipinski definition) is 5. The van der Waals surface area contributed by atoms with Crippen LogP contribution in [0.25, 0.3) is 0 Å². The molecule has 4 rings (SSSR count). The molecule has 2 fully saturated rings. The topological polar surface area (TPSA) is 48.9 Å². The minimum Gasteiger partial charge on any atom is -0.378 e. The number of carbonyl (C=O) groups is 1. The molecule has 1 aromatic carbocycles. The molecule has 0 atom stereocenters. The van der Waals surface area contributed by atoms with E-state index in [2.05, 4.69) is 20.9 Å². The van der Waals surface area contributed by atoms with Gasteiger partial charge in [0.15, 0.2) is 0 Å². The maximum Gasteiger partial charge on any atom is 0.255 e. The van der Waals surface area contributed by atoms with Crippen LogP contribution in [0.3, 0.4) is 0 Å². The first-order chi connectivity index (χ1) is 13.2. The Morgan fingerprint density at radius 2 is 1.70 bits per heavy atom. The molecular weight excluding hydrogens is 364 g/mol. The average molecular weight is 387 g/mol. The van der Waals surface area contributed by atoms with Gasteiger partial charge >= 0.3 is 0 Å². The molecule has 7 heteroatoms. The Morgan fingerprint density at radius 3 is 2.37 bits per heavy atom. The van der Waals surface area contributed by atoms with Crippen LogP contribution in [0.5, 0.6) is 0 Å². The largest absolute Gasteiger partial charge is 0.378 e. The first kappa shape index (κ1) is 18.1. The highest BCUT2D eigenvalue weighted by Gasteiger charge is 2.21. The summed E-state index contributed by atoms with van der Waals surface area (Å²) >= 11 is 6.10. The number of pyridine rings is 1. The maximum atomic E-state index is 12.5. The summed E-state index contributed by atoms with van der Waals surface area (Å²) in [7, 11) is 0. The summed E-state index contributed by atoms with van der Waals surface area (Å²) in [5, 5.41) is 0.761. The van der Waals surface area contributed by atoms with Gasteiger partial charge in [-0.1, -0.05) is 17.7 Å². The zero-order valence-electron chi connectivity index (χ0n) is 15.2. The van der Waals surface area contributed by atoms with Crippen LogP contribution < -0.4 is 9.80 Å². The molecule has 27 heavy (non-hydrogen) atoms. The van der Waals surface area contributed by atoms with Crippen LogP contribution in [0, 0.1) is 0 Å². The number of benzene rings is 1. The summed E-state index contributed by atoms with van der Waals surface area (Å²) in [6.07, 6.45) is 1.69. The number of ether oxygens (including phenoxy) is 1. The normalized spacial score (nSPS) is 17.9. The Bertz CT molecular complexity index is 785. The van der Waals surface area contributed by atoms with E-state index in [0.29, 0.717) is 31.9 Å². The molecule has 1 amide bonds. The van der Waals surface area contributed by atoms with Crippen LogP contribution in [0.4, 0.5) is 11.5 Å². The van der Waals surface area contributed by atoms with Crippen LogP contribution in [-0.2, 0) is 4.74 Å². The fraction of sp³-hybridized carbons (Fsp3) is 0.400. The predicted molar refractivity (Wildman–Crippen MR) is 107 cm³/mol. The lowest BCUT2D eigenvalue weighted by Crippen LogP contribution is -2.46. The second-order valence-corrected chi connectivity index (χ2v) is 7.20. The van der Waals surface area contributed by atoms with Crippen molar-refractivity contribution in [2.75, 3.05) is 62.3 Å². The van der Waals surface area contributed by atoms with Crippen LogP contribution in [0.15, 0.2) is 42.6 Å². The number of halogens is 1. The van der Waals surface area contributed by atoms with Gasteiger partial charge in [0.2, 0.25) is 0 Å². The predicted octanol–water partition coefficient (Wildman–Crippen LogP) is 2.53. The van der Waals surface area contributed by atoms with E-state index in [1.807, 2.05) is 35.2 Å². The van der Waals surface area contributed by atoms with E-state index in [4.69, 9.17) is 16.3 Å². The Hall–Kier alpha value is -2.31. The summed E-state index contributed by atoms with van der Waals surface area (Å²) in [6, 6.07) is 11.8. The van der Waals surface area contributed by atoms with Gasteiger partial charge in [-0.25, -0.2) is 4.98 Å². The lowest BCUT2D eigenvalue weighted by molar-refractivity contribution is 0.0302. The van der Waals surface area contributed by atoms with Crippen molar-refractivity contribution in [2.24, 2.45) is 0 Å². The van der Waals surface area contributed by atoms with Crippen LogP contribution in [0.1, 0.15) is 10.4 Å².